The van der Waals surface area contributed by atoms with Crippen molar-refractivity contribution in [2.75, 3.05) is 26.3 Å². The highest BCUT2D eigenvalue weighted by atomic mass is 32.2. The van der Waals surface area contributed by atoms with Gasteiger partial charge in [-0.2, -0.15) is 4.31 Å². The van der Waals surface area contributed by atoms with E-state index in [9.17, 15) is 18.3 Å². The van der Waals surface area contributed by atoms with Crippen molar-refractivity contribution in [3.63, 3.8) is 0 Å². The lowest BCUT2D eigenvalue weighted by molar-refractivity contribution is -0.152. The van der Waals surface area contributed by atoms with Crippen LogP contribution in [-0.4, -0.2) is 86.2 Å². The zero-order valence-corrected chi connectivity index (χ0v) is 24.2. The summed E-state index contributed by atoms with van der Waals surface area (Å²) in [6.45, 7) is 4.53. The second kappa shape index (κ2) is 14.2. The molecule has 2 aliphatic heterocycles. The number of ether oxygens (including phenoxy) is 3. The van der Waals surface area contributed by atoms with Crippen LogP contribution in [0, 0.1) is 11.8 Å². The molecule has 2 saturated heterocycles. The Morgan fingerprint density at radius 2 is 1.88 bits per heavy atom. The summed E-state index contributed by atoms with van der Waals surface area (Å²) < 4.78 is 45.5. The van der Waals surface area contributed by atoms with Crippen LogP contribution in [0.2, 0.25) is 0 Å². The lowest BCUT2D eigenvalue weighted by Gasteiger charge is -2.31. The molecule has 11 nitrogen and oxygen atoms in total. The number of rotatable bonds is 12. The summed E-state index contributed by atoms with van der Waals surface area (Å²) in [4.78, 5) is 13.1. The minimum Gasteiger partial charge on any atom is -0.443 e. The third-order valence-corrected chi connectivity index (χ3v) is 9.07. The van der Waals surface area contributed by atoms with Gasteiger partial charge in [0.1, 0.15) is 6.10 Å². The predicted octanol–water partition coefficient (Wildman–Crippen LogP) is 2.99. The number of benzene rings is 2. The molecule has 2 fully saturated rings. The largest absolute Gasteiger partial charge is 0.443 e. The van der Waals surface area contributed by atoms with Crippen molar-refractivity contribution >= 4 is 22.3 Å². The fraction of sp³-hybridized carbons (Fsp3) is 0.517. The molecule has 2 aliphatic rings. The summed E-state index contributed by atoms with van der Waals surface area (Å²) in [5.41, 5.74) is 1.40. The van der Waals surface area contributed by atoms with Crippen molar-refractivity contribution < 1.29 is 37.7 Å². The Kier molecular flexibility index (Phi) is 10.7. The summed E-state index contributed by atoms with van der Waals surface area (Å²) in [6, 6.07) is 14.4. The molecule has 0 saturated carbocycles. The standard InChI is InChI=1S/C29H39N3O8S/c1-20(2)17-32(41(36,37)23-12-10-22(11-13-23)16-30-35)18-26(33)25(15-21-7-4-3-5-8-21)31-29(34)40-27-19-39-28-24(27)9-6-14-38-28/h3-5,7-8,10-13,16,20,24-28,33,35H,6,9,14-15,17-19H2,1-2H3,(H,31,34)/b30-16+/t24-,25-,26+,27?,28+/m0/s1. The fourth-order valence-electron chi connectivity index (χ4n) is 5.18. The molecule has 224 valence electrons. The van der Waals surface area contributed by atoms with E-state index in [2.05, 4.69) is 10.5 Å². The summed E-state index contributed by atoms with van der Waals surface area (Å²) >= 11 is 0. The molecule has 0 aliphatic carbocycles. The SMILES string of the molecule is CC(C)CN(C[C@@H](O)[C@H](Cc1ccccc1)NC(=O)OC1CO[C@H]2OCCC[C@@H]12)S(=O)(=O)c1ccc(/C=N/O)cc1. The first-order valence-corrected chi connectivity index (χ1v) is 15.3. The number of aliphatic hydroxyl groups excluding tert-OH is 1. The van der Waals surface area contributed by atoms with Crippen molar-refractivity contribution in [3.8, 4) is 0 Å². The minimum absolute atomic E-state index is 0.0312. The van der Waals surface area contributed by atoms with Crippen LogP contribution in [0.25, 0.3) is 0 Å². The Morgan fingerprint density at radius 3 is 2.56 bits per heavy atom. The maximum atomic E-state index is 13.6. The van der Waals surface area contributed by atoms with Crippen LogP contribution in [-0.2, 0) is 30.7 Å². The second-order valence-corrected chi connectivity index (χ2v) is 12.8. The van der Waals surface area contributed by atoms with Gasteiger partial charge in [0.2, 0.25) is 10.0 Å². The summed E-state index contributed by atoms with van der Waals surface area (Å²) in [6.07, 6.45) is 0.348. The van der Waals surface area contributed by atoms with Gasteiger partial charge in [-0.1, -0.05) is 61.5 Å². The van der Waals surface area contributed by atoms with E-state index in [1.165, 1.54) is 34.8 Å². The van der Waals surface area contributed by atoms with Crippen molar-refractivity contribution in [1.29, 1.82) is 0 Å². The van der Waals surface area contributed by atoms with E-state index >= 15 is 0 Å². The lowest BCUT2D eigenvalue weighted by Crippen LogP contribution is -2.51. The van der Waals surface area contributed by atoms with Gasteiger partial charge in [-0.05, 0) is 48.4 Å². The lowest BCUT2D eigenvalue weighted by atomic mass is 9.97. The predicted molar refractivity (Wildman–Crippen MR) is 151 cm³/mol. The molecule has 1 unspecified atom stereocenters. The highest BCUT2D eigenvalue weighted by Gasteiger charge is 2.42. The van der Waals surface area contributed by atoms with Crippen LogP contribution in [0.3, 0.4) is 0 Å². The van der Waals surface area contributed by atoms with Crippen molar-refractivity contribution in [1.82, 2.24) is 9.62 Å². The van der Waals surface area contributed by atoms with Gasteiger partial charge in [-0.3, -0.25) is 0 Å². The molecule has 12 heteroatoms. The zero-order valence-electron chi connectivity index (χ0n) is 23.3. The first-order chi connectivity index (χ1) is 19.7. The van der Waals surface area contributed by atoms with E-state index in [1.807, 2.05) is 44.2 Å². The van der Waals surface area contributed by atoms with Crippen LogP contribution in [0.4, 0.5) is 4.79 Å². The van der Waals surface area contributed by atoms with E-state index in [0.29, 0.717) is 12.2 Å². The van der Waals surface area contributed by atoms with E-state index in [0.717, 1.165) is 18.4 Å². The highest BCUT2D eigenvalue weighted by molar-refractivity contribution is 7.89. The van der Waals surface area contributed by atoms with Gasteiger partial charge >= 0.3 is 6.09 Å². The second-order valence-electron chi connectivity index (χ2n) is 10.9. The smallest absolute Gasteiger partial charge is 0.407 e. The number of hydrogen-bond donors (Lipinski definition) is 3. The highest BCUT2D eigenvalue weighted by Crippen LogP contribution is 2.32. The molecular formula is C29H39N3O8S. The number of nitrogens with one attached hydrogen (secondary N) is 1. The number of sulfonamides is 1. The van der Waals surface area contributed by atoms with Crippen LogP contribution >= 0.6 is 0 Å². The Hall–Kier alpha value is -3.03. The Bertz CT molecular complexity index is 1260. The monoisotopic (exact) mass is 589 g/mol. The van der Waals surface area contributed by atoms with E-state index in [-0.39, 0.29) is 49.1 Å². The first-order valence-electron chi connectivity index (χ1n) is 13.9. The summed E-state index contributed by atoms with van der Waals surface area (Å²) in [5, 5.41) is 25.9. The number of carbonyl (C=O) groups excluding carboxylic acids is 1. The molecular weight excluding hydrogens is 550 g/mol. The van der Waals surface area contributed by atoms with Gasteiger partial charge in [0, 0.05) is 25.6 Å². The maximum absolute atomic E-state index is 13.6. The van der Waals surface area contributed by atoms with Gasteiger partial charge < -0.3 is 29.8 Å². The third-order valence-electron chi connectivity index (χ3n) is 7.22. The van der Waals surface area contributed by atoms with Gasteiger partial charge in [0.05, 0.1) is 29.9 Å². The average Bonchev–Trinajstić information content (AvgIpc) is 3.35. The normalized spacial score (nSPS) is 22.5. The molecule has 3 N–H and O–H groups in total. The molecule has 4 rings (SSSR count). The number of nitrogens with zero attached hydrogens (tertiary/aromatic N) is 2. The Balaban J connectivity index is 1.51. The number of fused-ring (bicyclic) bond motifs is 1. The topological polar surface area (TPSA) is 147 Å². The molecule has 0 aromatic heterocycles. The molecule has 0 radical (unpaired) electrons. The van der Waals surface area contributed by atoms with Crippen LogP contribution in [0.5, 0.6) is 0 Å². The van der Waals surface area contributed by atoms with Gasteiger partial charge in [-0.25, -0.2) is 13.2 Å². The van der Waals surface area contributed by atoms with Gasteiger partial charge in [-0.15, -0.1) is 0 Å². The molecule has 2 aromatic rings. The van der Waals surface area contributed by atoms with E-state index in [4.69, 9.17) is 19.4 Å². The molecule has 0 bridgehead atoms. The number of alkyl carbamates (subject to hydrolysis) is 1. The van der Waals surface area contributed by atoms with Gasteiger partial charge in [0.15, 0.2) is 6.29 Å². The number of hydrogen-bond acceptors (Lipinski definition) is 9. The van der Waals surface area contributed by atoms with Crippen LogP contribution in [0.15, 0.2) is 64.6 Å². The summed E-state index contributed by atoms with van der Waals surface area (Å²) in [5.74, 6) is -0.0787. The number of amides is 1. The average molecular weight is 590 g/mol. The number of oxime groups is 1. The van der Waals surface area contributed by atoms with Crippen LogP contribution < -0.4 is 5.32 Å². The number of aliphatic hydroxyl groups is 1. The van der Waals surface area contributed by atoms with Gasteiger partial charge in [0.25, 0.3) is 0 Å². The summed E-state index contributed by atoms with van der Waals surface area (Å²) in [7, 11) is -4.00. The van der Waals surface area contributed by atoms with Crippen molar-refractivity contribution in [2.24, 2.45) is 17.0 Å². The van der Waals surface area contributed by atoms with Crippen molar-refractivity contribution in [2.45, 2.75) is 62.5 Å². The zero-order chi connectivity index (χ0) is 29.4. The van der Waals surface area contributed by atoms with E-state index < -0.39 is 34.4 Å². The quantitative estimate of drug-likeness (QED) is 0.195. The molecule has 5 atom stereocenters. The maximum Gasteiger partial charge on any atom is 0.407 e. The number of carbonyl (C=O) groups is 1. The first kappa shape index (κ1) is 30.9. The minimum atomic E-state index is -4.00. The molecule has 1 amide bonds. The Labute approximate surface area is 241 Å². The van der Waals surface area contributed by atoms with Crippen LogP contribution in [0.1, 0.15) is 37.8 Å². The molecule has 2 heterocycles. The third kappa shape index (κ3) is 8.26. The van der Waals surface area contributed by atoms with E-state index in [1.54, 1.807) is 0 Å². The Morgan fingerprint density at radius 1 is 1.15 bits per heavy atom. The molecule has 2 aromatic carbocycles. The van der Waals surface area contributed by atoms with Crippen molar-refractivity contribution in [3.05, 3.63) is 65.7 Å². The fourth-order valence-corrected chi connectivity index (χ4v) is 6.80. The molecule has 41 heavy (non-hydrogen) atoms. The molecule has 0 spiro atoms.